The fourth-order valence-corrected chi connectivity index (χ4v) is 5.26. The van der Waals surface area contributed by atoms with Gasteiger partial charge in [-0.25, -0.2) is 0 Å². The number of benzene rings is 3. The molecule has 200 valence electrons. The molecule has 1 heterocycles. The van der Waals surface area contributed by atoms with E-state index in [-0.39, 0.29) is 30.7 Å². The Morgan fingerprint density at radius 3 is 2.31 bits per heavy atom. The molecule has 0 saturated carbocycles. The van der Waals surface area contributed by atoms with Crippen molar-refractivity contribution in [2.75, 3.05) is 6.54 Å². The highest BCUT2D eigenvalue weighted by Gasteiger charge is 2.36. The van der Waals surface area contributed by atoms with Gasteiger partial charge in [-0.2, -0.15) is 5.26 Å². The number of amides is 2. The highest BCUT2D eigenvalue weighted by molar-refractivity contribution is 6.30. The van der Waals surface area contributed by atoms with E-state index in [1.807, 2.05) is 41.3 Å². The van der Waals surface area contributed by atoms with Crippen molar-refractivity contribution in [1.29, 1.82) is 5.26 Å². The van der Waals surface area contributed by atoms with Gasteiger partial charge in [0.05, 0.1) is 24.0 Å². The second kappa shape index (κ2) is 12.6. The van der Waals surface area contributed by atoms with Crippen molar-refractivity contribution in [2.45, 2.75) is 51.1 Å². The number of carboxylic acid groups (broad SMARTS) is 1. The summed E-state index contributed by atoms with van der Waals surface area (Å²) in [7, 11) is 0. The van der Waals surface area contributed by atoms with Gasteiger partial charge in [-0.1, -0.05) is 55.3 Å². The first-order chi connectivity index (χ1) is 18.8. The maximum absolute atomic E-state index is 14.2. The Labute approximate surface area is 233 Å². The van der Waals surface area contributed by atoms with Crippen LogP contribution in [-0.4, -0.2) is 34.3 Å². The number of rotatable bonds is 10. The summed E-state index contributed by atoms with van der Waals surface area (Å²) in [6, 6.07) is 22.3. The molecule has 2 N–H and O–H groups in total. The van der Waals surface area contributed by atoms with Crippen LogP contribution in [0.1, 0.15) is 76.2 Å². The summed E-state index contributed by atoms with van der Waals surface area (Å²) in [5.74, 6) is -1.93. The van der Waals surface area contributed by atoms with Crippen LogP contribution < -0.4 is 5.32 Å². The van der Waals surface area contributed by atoms with Crippen molar-refractivity contribution in [2.24, 2.45) is 0 Å². The Kier molecular flexibility index (Phi) is 9.00. The smallest absolute Gasteiger partial charge is 0.305 e. The monoisotopic (exact) mass is 543 g/mol. The van der Waals surface area contributed by atoms with Crippen LogP contribution in [0.15, 0.2) is 66.7 Å². The number of hydrogen-bond donors (Lipinski definition) is 2. The first kappa shape index (κ1) is 27.9. The molecular weight excluding hydrogens is 514 g/mol. The first-order valence-corrected chi connectivity index (χ1v) is 13.3. The van der Waals surface area contributed by atoms with E-state index in [2.05, 4.69) is 18.3 Å². The van der Waals surface area contributed by atoms with Gasteiger partial charge in [-0.15, -0.1) is 0 Å². The average Bonchev–Trinajstić information content (AvgIpc) is 3.37. The quantitative estimate of drug-likeness (QED) is 0.344. The molecule has 0 radical (unpaired) electrons. The summed E-state index contributed by atoms with van der Waals surface area (Å²) in [6.45, 7) is 3.06. The molecule has 3 aromatic rings. The van der Waals surface area contributed by atoms with Crippen LogP contribution in [-0.2, 0) is 22.7 Å². The molecule has 0 saturated heterocycles. The van der Waals surface area contributed by atoms with E-state index < -0.39 is 11.9 Å². The zero-order valence-electron chi connectivity index (χ0n) is 21.7. The fourth-order valence-electron chi connectivity index (χ4n) is 5.14. The van der Waals surface area contributed by atoms with E-state index in [1.54, 1.807) is 30.3 Å². The molecule has 3 aromatic carbocycles. The maximum Gasteiger partial charge on any atom is 0.305 e. The van der Waals surface area contributed by atoms with E-state index in [0.29, 0.717) is 29.2 Å². The molecule has 1 aliphatic rings. The lowest BCUT2D eigenvalue weighted by Crippen LogP contribution is -2.34. The number of nitriles is 1. The van der Waals surface area contributed by atoms with Crippen molar-refractivity contribution in [3.63, 3.8) is 0 Å². The molecule has 0 spiro atoms. The third kappa shape index (κ3) is 6.65. The lowest BCUT2D eigenvalue weighted by atomic mass is 9.77. The number of carbonyl (C=O) groups is 3. The van der Waals surface area contributed by atoms with E-state index in [9.17, 15) is 19.6 Å². The third-order valence-corrected chi connectivity index (χ3v) is 7.34. The van der Waals surface area contributed by atoms with Crippen molar-refractivity contribution >= 4 is 29.4 Å². The van der Waals surface area contributed by atoms with E-state index in [1.165, 1.54) is 0 Å². The fraction of sp³-hybridized carbons (Fsp3) is 0.290. The lowest BCUT2D eigenvalue weighted by molar-refractivity contribution is -0.137. The van der Waals surface area contributed by atoms with Crippen LogP contribution >= 0.6 is 11.6 Å². The summed E-state index contributed by atoms with van der Waals surface area (Å²) in [4.78, 5) is 39.3. The molecule has 0 fully saturated rings. The molecule has 2 amide bonds. The normalized spacial score (nSPS) is 13.7. The molecule has 0 aromatic heterocycles. The Morgan fingerprint density at radius 1 is 1.00 bits per heavy atom. The van der Waals surface area contributed by atoms with Gasteiger partial charge < -0.3 is 15.3 Å². The number of carboxylic acids is 1. The van der Waals surface area contributed by atoms with Gasteiger partial charge in [0.25, 0.3) is 5.91 Å². The standard InChI is InChI=1S/C31H30ClN3O4/c1-2-3-27(21-6-8-23(9-7-21)30(38)34-15-14-28(36)37)29(22-10-12-26(32)13-11-22)31(39)35-18-24-5-4-20(17-33)16-25(24)19-35/h4-13,16,27,29H,2-3,14-15,18-19H2,1H3,(H,34,38)(H,36,37). The van der Waals surface area contributed by atoms with Crippen LogP contribution in [0.5, 0.6) is 0 Å². The number of carbonyl (C=O) groups excluding carboxylic acids is 2. The van der Waals surface area contributed by atoms with Crippen molar-refractivity contribution in [3.05, 3.63) is 105 Å². The Bertz CT molecular complexity index is 1400. The van der Waals surface area contributed by atoms with Crippen LogP contribution in [0.4, 0.5) is 0 Å². The van der Waals surface area contributed by atoms with Crippen molar-refractivity contribution in [1.82, 2.24) is 10.2 Å². The van der Waals surface area contributed by atoms with E-state index in [0.717, 1.165) is 35.1 Å². The van der Waals surface area contributed by atoms with Gasteiger partial charge in [0.1, 0.15) is 0 Å². The number of halogens is 1. The van der Waals surface area contributed by atoms with Crippen LogP contribution in [0.2, 0.25) is 5.02 Å². The lowest BCUT2D eigenvalue weighted by Gasteiger charge is -2.31. The largest absolute Gasteiger partial charge is 0.481 e. The minimum Gasteiger partial charge on any atom is -0.481 e. The zero-order chi connectivity index (χ0) is 27.9. The number of hydrogen-bond acceptors (Lipinski definition) is 4. The Hall–Kier alpha value is -4.15. The highest BCUT2D eigenvalue weighted by atomic mass is 35.5. The molecule has 7 nitrogen and oxygen atoms in total. The number of aliphatic carboxylic acids is 1. The summed E-state index contributed by atoms with van der Waals surface area (Å²) in [5, 5.41) is 21.3. The molecule has 2 unspecified atom stereocenters. The van der Waals surface area contributed by atoms with E-state index in [4.69, 9.17) is 16.7 Å². The highest BCUT2D eigenvalue weighted by Crippen LogP contribution is 2.40. The molecular formula is C31H30ClN3O4. The van der Waals surface area contributed by atoms with E-state index >= 15 is 0 Å². The molecule has 8 heteroatoms. The predicted molar refractivity (Wildman–Crippen MR) is 148 cm³/mol. The second-order valence-electron chi connectivity index (χ2n) is 9.74. The number of nitrogens with one attached hydrogen (secondary N) is 1. The molecule has 1 aliphatic heterocycles. The molecule has 0 aliphatic carbocycles. The molecule has 39 heavy (non-hydrogen) atoms. The maximum atomic E-state index is 14.2. The predicted octanol–water partition coefficient (Wildman–Crippen LogP) is 5.63. The number of fused-ring (bicyclic) bond motifs is 1. The van der Waals surface area contributed by atoms with Gasteiger partial charge >= 0.3 is 5.97 Å². The third-order valence-electron chi connectivity index (χ3n) is 7.09. The van der Waals surface area contributed by atoms with Gasteiger partial charge in [0.15, 0.2) is 0 Å². The zero-order valence-corrected chi connectivity index (χ0v) is 22.4. The van der Waals surface area contributed by atoms with Gasteiger partial charge in [0.2, 0.25) is 5.91 Å². The summed E-state index contributed by atoms with van der Waals surface area (Å²) in [5.41, 5.74) is 4.85. The van der Waals surface area contributed by atoms with Crippen molar-refractivity contribution in [3.8, 4) is 6.07 Å². The number of nitrogens with zero attached hydrogens (tertiary/aromatic N) is 2. The van der Waals surface area contributed by atoms with Crippen LogP contribution in [0.3, 0.4) is 0 Å². The molecule has 4 rings (SSSR count). The summed E-state index contributed by atoms with van der Waals surface area (Å²) in [6.07, 6.45) is 1.46. The molecule has 2 atom stereocenters. The minimum absolute atomic E-state index is 0.000898. The molecule has 0 bridgehead atoms. The Morgan fingerprint density at radius 2 is 1.67 bits per heavy atom. The van der Waals surface area contributed by atoms with Gasteiger partial charge in [-0.3, -0.25) is 14.4 Å². The topological polar surface area (TPSA) is 110 Å². The summed E-state index contributed by atoms with van der Waals surface area (Å²) < 4.78 is 0. The van der Waals surface area contributed by atoms with Crippen LogP contribution in [0, 0.1) is 11.3 Å². The average molecular weight is 544 g/mol. The van der Waals surface area contributed by atoms with Crippen LogP contribution in [0.25, 0.3) is 0 Å². The van der Waals surface area contributed by atoms with Gasteiger partial charge in [-0.05, 0) is 71.0 Å². The summed E-state index contributed by atoms with van der Waals surface area (Å²) >= 11 is 6.18. The Balaban J connectivity index is 1.63. The second-order valence-corrected chi connectivity index (χ2v) is 10.2. The first-order valence-electron chi connectivity index (χ1n) is 13.0. The van der Waals surface area contributed by atoms with Gasteiger partial charge in [0, 0.05) is 30.2 Å². The SMILES string of the molecule is CCCC(c1ccc(C(=O)NCCC(=O)O)cc1)C(C(=O)N1Cc2ccc(C#N)cc2C1)c1ccc(Cl)cc1. The minimum atomic E-state index is -0.974. The van der Waals surface area contributed by atoms with Crippen molar-refractivity contribution < 1.29 is 19.5 Å².